The number of benzene rings is 2. The monoisotopic (exact) mass is 362 g/mol. The number of ether oxygens (including phenoxy) is 2. The maximum absolute atomic E-state index is 11.6. The molecule has 0 aliphatic carbocycles. The Labute approximate surface area is 159 Å². The van der Waals surface area contributed by atoms with Gasteiger partial charge in [0.25, 0.3) is 0 Å². The molecule has 0 saturated carbocycles. The van der Waals surface area contributed by atoms with Gasteiger partial charge in [0, 0.05) is 11.1 Å². The Balaban J connectivity index is 1.88. The number of amides is 1. The van der Waals surface area contributed by atoms with Crippen LogP contribution in [0.4, 0.5) is 4.79 Å². The number of alkyl carbamates (subject to hydrolysis) is 1. The van der Waals surface area contributed by atoms with Gasteiger partial charge in [-0.25, -0.2) is 4.79 Å². The smallest absolute Gasteiger partial charge is 0.407 e. The zero-order valence-corrected chi connectivity index (χ0v) is 15.7. The molecular weight excluding hydrogens is 340 g/mol. The summed E-state index contributed by atoms with van der Waals surface area (Å²) in [5.41, 5.74) is 1.64. The van der Waals surface area contributed by atoms with Gasteiger partial charge in [0.1, 0.15) is 18.0 Å². The van der Waals surface area contributed by atoms with Crippen LogP contribution in [0.1, 0.15) is 37.5 Å². The van der Waals surface area contributed by atoms with E-state index < -0.39 is 11.7 Å². The van der Waals surface area contributed by atoms with Crippen LogP contribution in [0.2, 0.25) is 0 Å². The van der Waals surface area contributed by atoms with Crippen molar-refractivity contribution in [3.05, 3.63) is 65.2 Å². The number of nitriles is 1. The summed E-state index contributed by atoms with van der Waals surface area (Å²) < 4.78 is 10.8. The van der Waals surface area contributed by atoms with E-state index in [0.717, 1.165) is 11.1 Å². The van der Waals surface area contributed by atoms with E-state index in [0.29, 0.717) is 24.5 Å². The third-order valence-electron chi connectivity index (χ3n) is 3.22. The van der Waals surface area contributed by atoms with Gasteiger partial charge in [0.15, 0.2) is 0 Å². The van der Waals surface area contributed by atoms with E-state index in [1.165, 1.54) is 0 Å². The zero-order valence-electron chi connectivity index (χ0n) is 15.7. The lowest BCUT2D eigenvalue weighted by Crippen LogP contribution is -2.34. The average molecular weight is 362 g/mol. The summed E-state index contributed by atoms with van der Waals surface area (Å²) in [6.07, 6.45) is -0.467. The van der Waals surface area contributed by atoms with E-state index in [4.69, 9.17) is 14.7 Å². The van der Waals surface area contributed by atoms with Crippen LogP contribution in [-0.2, 0) is 4.74 Å². The molecule has 0 unspecified atom stereocenters. The molecule has 0 aromatic heterocycles. The molecule has 2 aromatic rings. The number of carbonyl (C=O) groups is 1. The van der Waals surface area contributed by atoms with Crippen molar-refractivity contribution in [2.75, 3.05) is 13.2 Å². The predicted molar refractivity (Wildman–Crippen MR) is 103 cm³/mol. The van der Waals surface area contributed by atoms with Crippen LogP contribution in [-0.4, -0.2) is 24.8 Å². The van der Waals surface area contributed by atoms with E-state index >= 15 is 0 Å². The van der Waals surface area contributed by atoms with Gasteiger partial charge in [-0.05, 0) is 57.2 Å². The van der Waals surface area contributed by atoms with E-state index in [-0.39, 0.29) is 0 Å². The van der Waals surface area contributed by atoms with Crippen LogP contribution in [0.3, 0.4) is 0 Å². The van der Waals surface area contributed by atoms with Gasteiger partial charge >= 0.3 is 6.09 Å². The van der Waals surface area contributed by atoms with Gasteiger partial charge < -0.3 is 14.8 Å². The Morgan fingerprint density at radius 3 is 2.33 bits per heavy atom. The van der Waals surface area contributed by atoms with Crippen LogP contribution in [0.15, 0.2) is 48.5 Å². The highest BCUT2D eigenvalue weighted by Crippen LogP contribution is 2.13. The van der Waals surface area contributed by atoms with Crippen LogP contribution in [0.5, 0.6) is 5.75 Å². The van der Waals surface area contributed by atoms with Crippen LogP contribution in [0, 0.1) is 23.2 Å². The van der Waals surface area contributed by atoms with Gasteiger partial charge in [0.2, 0.25) is 0 Å². The number of nitrogens with zero attached hydrogens (tertiary/aromatic N) is 1. The van der Waals surface area contributed by atoms with Crippen molar-refractivity contribution in [2.24, 2.45) is 0 Å². The number of nitrogens with one attached hydrogen (secondary N) is 1. The first-order chi connectivity index (χ1) is 12.9. The minimum Gasteiger partial charge on any atom is -0.492 e. The van der Waals surface area contributed by atoms with Crippen molar-refractivity contribution in [2.45, 2.75) is 26.4 Å². The average Bonchev–Trinajstić information content (AvgIpc) is 2.63. The number of carbonyl (C=O) groups excluding carboxylic acids is 1. The van der Waals surface area contributed by atoms with Crippen molar-refractivity contribution < 1.29 is 14.3 Å². The summed E-state index contributed by atoms with van der Waals surface area (Å²) in [6, 6.07) is 16.6. The van der Waals surface area contributed by atoms with Gasteiger partial charge in [-0.2, -0.15) is 5.26 Å². The first-order valence-corrected chi connectivity index (χ1v) is 8.58. The first kappa shape index (κ1) is 19.9. The highest BCUT2D eigenvalue weighted by atomic mass is 16.6. The van der Waals surface area contributed by atoms with Gasteiger partial charge in [-0.3, -0.25) is 0 Å². The molecule has 0 fully saturated rings. The third kappa shape index (κ3) is 7.54. The lowest BCUT2D eigenvalue weighted by Gasteiger charge is -2.19. The molecule has 2 rings (SSSR count). The molecule has 0 atom stereocenters. The molecule has 1 N–H and O–H groups in total. The van der Waals surface area contributed by atoms with Gasteiger partial charge in [-0.1, -0.05) is 24.0 Å². The molecular formula is C22H22N2O3. The van der Waals surface area contributed by atoms with Gasteiger partial charge in [0.05, 0.1) is 18.2 Å². The Morgan fingerprint density at radius 2 is 1.67 bits per heavy atom. The quantitative estimate of drug-likeness (QED) is 0.662. The molecule has 0 aliphatic heterocycles. The largest absolute Gasteiger partial charge is 0.492 e. The van der Waals surface area contributed by atoms with Crippen molar-refractivity contribution in [3.63, 3.8) is 0 Å². The normalized spacial score (nSPS) is 10.1. The molecule has 0 heterocycles. The standard InChI is InChI=1S/C22H22N2O3/c1-22(2,3)27-21(25)24-12-13-26-20-9-5-7-18(15-20)11-10-17-6-4-8-19(14-17)16-23/h4-9,14-15H,12-13H2,1-3H3,(H,24,25). The minimum atomic E-state index is -0.523. The third-order valence-corrected chi connectivity index (χ3v) is 3.22. The Morgan fingerprint density at radius 1 is 1.04 bits per heavy atom. The fourth-order valence-corrected chi connectivity index (χ4v) is 2.11. The second-order valence-electron chi connectivity index (χ2n) is 6.75. The molecule has 0 spiro atoms. The second kappa shape index (κ2) is 9.31. The highest BCUT2D eigenvalue weighted by Gasteiger charge is 2.15. The van der Waals surface area contributed by atoms with Crippen molar-refractivity contribution >= 4 is 6.09 Å². The summed E-state index contributed by atoms with van der Waals surface area (Å²) in [7, 11) is 0. The van der Waals surface area contributed by atoms with Gasteiger partial charge in [-0.15, -0.1) is 0 Å². The summed E-state index contributed by atoms with van der Waals surface area (Å²) >= 11 is 0. The molecule has 1 amide bonds. The molecule has 0 saturated heterocycles. The molecule has 0 bridgehead atoms. The minimum absolute atomic E-state index is 0.320. The molecule has 27 heavy (non-hydrogen) atoms. The fraction of sp³-hybridized carbons (Fsp3) is 0.273. The summed E-state index contributed by atoms with van der Waals surface area (Å²) in [5.74, 6) is 6.76. The molecule has 5 heteroatoms. The first-order valence-electron chi connectivity index (χ1n) is 8.58. The van der Waals surface area contributed by atoms with Crippen molar-refractivity contribution in [1.82, 2.24) is 5.32 Å². The fourth-order valence-electron chi connectivity index (χ4n) is 2.11. The van der Waals surface area contributed by atoms with E-state index in [1.54, 1.807) is 18.2 Å². The molecule has 5 nitrogen and oxygen atoms in total. The lowest BCUT2D eigenvalue weighted by molar-refractivity contribution is 0.0520. The Hall–Kier alpha value is -3.44. The van der Waals surface area contributed by atoms with Crippen LogP contribution >= 0.6 is 0 Å². The highest BCUT2D eigenvalue weighted by molar-refractivity contribution is 5.67. The van der Waals surface area contributed by atoms with Crippen molar-refractivity contribution in [1.29, 1.82) is 5.26 Å². The summed E-state index contributed by atoms with van der Waals surface area (Å²) in [6.45, 7) is 6.09. The molecule has 0 aliphatic rings. The summed E-state index contributed by atoms with van der Waals surface area (Å²) in [5, 5.41) is 11.6. The van der Waals surface area contributed by atoms with Crippen LogP contribution < -0.4 is 10.1 Å². The lowest BCUT2D eigenvalue weighted by atomic mass is 10.1. The van der Waals surface area contributed by atoms with Crippen LogP contribution in [0.25, 0.3) is 0 Å². The van der Waals surface area contributed by atoms with Crippen molar-refractivity contribution in [3.8, 4) is 23.7 Å². The topological polar surface area (TPSA) is 71.3 Å². The number of rotatable bonds is 4. The second-order valence-corrected chi connectivity index (χ2v) is 6.75. The van der Waals surface area contributed by atoms with E-state index in [9.17, 15) is 4.79 Å². The Bertz CT molecular complexity index is 896. The Kier molecular flexibility index (Phi) is 6.86. The number of hydrogen-bond acceptors (Lipinski definition) is 4. The molecule has 2 aromatic carbocycles. The number of hydrogen-bond donors (Lipinski definition) is 1. The maximum Gasteiger partial charge on any atom is 0.407 e. The van der Waals surface area contributed by atoms with E-state index in [2.05, 4.69) is 23.2 Å². The van der Waals surface area contributed by atoms with E-state index in [1.807, 2.05) is 51.1 Å². The zero-order chi connectivity index (χ0) is 19.7. The summed E-state index contributed by atoms with van der Waals surface area (Å²) in [4.78, 5) is 11.6. The molecule has 0 radical (unpaired) electrons. The molecule has 138 valence electrons. The maximum atomic E-state index is 11.6. The SMILES string of the molecule is CC(C)(C)OC(=O)NCCOc1cccc(C#Cc2cccc(C#N)c2)c1. The predicted octanol–water partition coefficient (Wildman–Crippen LogP) is 3.86.